The molecule has 0 saturated heterocycles. The van der Waals surface area contributed by atoms with Gasteiger partial charge in [-0.15, -0.1) is 0 Å². The molecule has 3 heteroatoms. The van der Waals surface area contributed by atoms with Crippen molar-refractivity contribution >= 4 is 17.9 Å². The highest BCUT2D eigenvalue weighted by Crippen LogP contribution is 2.64. The number of hydrogen-bond acceptors (Lipinski definition) is 3. The van der Waals surface area contributed by atoms with Crippen LogP contribution in [0, 0.1) is 34.5 Å². The summed E-state index contributed by atoms with van der Waals surface area (Å²) >= 11 is 0. The maximum absolute atomic E-state index is 12.4. The van der Waals surface area contributed by atoms with Crippen LogP contribution >= 0.6 is 0 Å². The van der Waals surface area contributed by atoms with E-state index in [4.69, 9.17) is 0 Å². The lowest BCUT2D eigenvalue weighted by Gasteiger charge is -2.58. The van der Waals surface area contributed by atoms with Crippen molar-refractivity contribution in [2.45, 2.75) is 64.7 Å². The van der Waals surface area contributed by atoms with Crippen molar-refractivity contribution in [2.24, 2.45) is 34.5 Å². The Morgan fingerprint density at radius 3 is 2.59 bits per heavy atom. The molecule has 0 unspecified atom stereocenters. The first kappa shape index (κ1) is 14.6. The standard InChI is InChI=1S/C19H26O3/c1-18-8-6-13(21)10-12(18)2-3-14-15(18)7-9-19(11-20)16(14)4-5-17(19)22/h11-12,14-16H,2-10H2,1H3/t12-,14+,15-,16-,18-,19+/m0/s1. The minimum absolute atomic E-state index is 0.206. The zero-order valence-electron chi connectivity index (χ0n) is 13.5. The van der Waals surface area contributed by atoms with Crippen molar-refractivity contribution in [1.82, 2.24) is 0 Å². The van der Waals surface area contributed by atoms with Crippen molar-refractivity contribution in [2.75, 3.05) is 0 Å². The van der Waals surface area contributed by atoms with Gasteiger partial charge in [-0.05, 0) is 67.6 Å². The normalized spacial score (nSPS) is 51.0. The lowest BCUT2D eigenvalue weighted by Crippen LogP contribution is -2.54. The molecule has 4 fully saturated rings. The SMILES string of the molecule is C[C@]12CCC(=O)C[C@@H]1CC[C@@H]1[C@@H]2CC[C@]2(C=O)C(=O)CC[C@@H]12. The molecule has 4 aliphatic rings. The number of aldehydes is 1. The van der Waals surface area contributed by atoms with Crippen LogP contribution in [0.1, 0.15) is 64.7 Å². The number of carbonyl (C=O) groups excluding carboxylic acids is 3. The van der Waals surface area contributed by atoms with Crippen LogP contribution in [0.3, 0.4) is 0 Å². The Hall–Kier alpha value is -0.990. The third-order valence-electron chi connectivity index (χ3n) is 8.02. The third kappa shape index (κ3) is 1.71. The molecule has 0 aromatic carbocycles. The van der Waals surface area contributed by atoms with Crippen molar-refractivity contribution in [3.05, 3.63) is 0 Å². The average molecular weight is 302 g/mol. The molecule has 4 saturated carbocycles. The van der Waals surface area contributed by atoms with Gasteiger partial charge in [0.1, 0.15) is 17.9 Å². The van der Waals surface area contributed by atoms with Gasteiger partial charge in [0.2, 0.25) is 0 Å². The fourth-order valence-electron chi connectivity index (χ4n) is 6.76. The number of Topliss-reactive ketones (excluding diaryl/α,β-unsaturated/α-hetero) is 2. The molecule has 22 heavy (non-hydrogen) atoms. The Labute approximate surface area is 132 Å². The van der Waals surface area contributed by atoms with E-state index in [0.29, 0.717) is 30.0 Å². The van der Waals surface area contributed by atoms with E-state index in [2.05, 4.69) is 6.92 Å². The largest absolute Gasteiger partial charge is 0.302 e. The Morgan fingerprint density at radius 1 is 1.00 bits per heavy atom. The molecule has 120 valence electrons. The summed E-state index contributed by atoms with van der Waals surface area (Å²) in [6, 6.07) is 0. The highest BCUT2D eigenvalue weighted by molar-refractivity contribution is 6.00. The Balaban J connectivity index is 1.67. The number of hydrogen-bond donors (Lipinski definition) is 0. The highest BCUT2D eigenvalue weighted by Gasteiger charge is 2.61. The van der Waals surface area contributed by atoms with Gasteiger partial charge in [-0.25, -0.2) is 0 Å². The van der Waals surface area contributed by atoms with Gasteiger partial charge >= 0.3 is 0 Å². The fraction of sp³-hybridized carbons (Fsp3) is 0.842. The van der Waals surface area contributed by atoms with Crippen LogP contribution < -0.4 is 0 Å². The van der Waals surface area contributed by atoms with Crippen LogP contribution in [0.2, 0.25) is 0 Å². The van der Waals surface area contributed by atoms with Crippen LogP contribution in [-0.2, 0) is 14.4 Å². The van der Waals surface area contributed by atoms with Gasteiger partial charge in [0.05, 0.1) is 5.41 Å². The quantitative estimate of drug-likeness (QED) is 0.551. The van der Waals surface area contributed by atoms with Crippen LogP contribution in [0.15, 0.2) is 0 Å². The van der Waals surface area contributed by atoms with E-state index in [1.54, 1.807) is 0 Å². The summed E-state index contributed by atoms with van der Waals surface area (Å²) in [5.41, 5.74) is -0.383. The van der Waals surface area contributed by atoms with Crippen LogP contribution in [0.5, 0.6) is 0 Å². The molecule has 3 nitrogen and oxygen atoms in total. The molecule has 0 N–H and O–H groups in total. The molecule has 0 amide bonds. The molecule has 0 aromatic rings. The lowest BCUT2D eigenvalue weighted by molar-refractivity contribution is -0.150. The number of rotatable bonds is 1. The van der Waals surface area contributed by atoms with Gasteiger partial charge in [0.25, 0.3) is 0 Å². The third-order valence-corrected chi connectivity index (χ3v) is 8.02. The van der Waals surface area contributed by atoms with Gasteiger partial charge in [0.15, 0.2) is 0 Å². The van der Waals surface area contributed by atoms with Crippen molar-refractivity contribution in [3.8, 4) is 0 Å². The smallest absolute Gasteiger partial charge is 0.146 e. The molecule has 0 spiro atoms. The highest BCUT2D eigenvalue weighted by atomic mass is 16.1. The topological polar surface area (TPSA) is 51.2 Å². The van der Waals surface area contributed by atoms with Crippen molar-refractivity contribution in [1.29, 1.82) is 0 Å². The monoisotopic (exact) mass is 302 g/mol. The minimum Gasteiger partial charge on any atom is -0.302 e. The zero-order chi connectivity index (χ0) is 15.5. The van der Waals surface area contributed by atoms with Crippen LogP contribution in [-0.4, -0.2) is 17.9 Å². The molecular weight excluding hydrogens is 276 g/mol. The second kappa shape index (κ2) is 4.75. The molecule has 0 radical (unpaired) electrons. The summed E-state index contributed by atoms with van der Waals surface area (Å²) in [6.07, 6.45) is 9.04. The van der Waals surface area contributed by atoms with E-state index in [-0.39, 0.29) is 17.1 Å². The second-order valence-corrected chi connectivity index (χ2v) is 8.56. The first-order chi connectivity index (χ1) is 10.5. The average Bonchev–Trinajstić information content (AvgIpc) is 2.86. The predicted molar refractivity (Wildman–Crippen MR) is 82.1 cm³/mol. The zero-order valence-corrected chi connectivity index (χ0v) is 13.5. The molecule has 6 atom stereocenters. The van der Waals surface area contributed by atoms with E-state index < -0.39 is 5.41 Å². The van der Waals surface area contributed by atoms with Gasteiger partial charge in [0, 0.05) is 19.3 Å². The maximum Gasteiger partial charge on any atom is 0.146 e. The summed E-state index contributed by atoms with van der Waals surface area (Å²) < 4.78 is 0. The fourth-order valence-corrected chi connectivity index (χ4v) is 6.76. The summed E-state index contributed by atoms with van der Waals surface area (Å²) in [5.74, 6) is 2.61. The predicted octanol–water partition coefficient (Wildman–Crippen LogP) is 3.35. The van der Waals surface area contributed by atoms with E-state index in [0.717, 1.165) is 57.7 Å². The molecule has 4 rings (SSSR count). The summed E-state index contributed by atoms with van der Waals surface area (Å²) in [4.78, 5) is 36.0. The van der Waals surface area contributed by atoms with Crippen LogP contribution in [0.4, 0.5) is 0 Å². The molecule has 0 heterocycles. The lowest BCUT2D eigenvalue weighted by atomic mass is 9.45. The molecule has 0 aromatic heterocycles. The first-order valence-corrected chi connectivity index (χ1v) is 9.02. The number of ketones is 2. The Kier molecular flexibility index (Phi) is 3.15. The molecular formula is C19H26O3. The van der Waals surface area contributed by atoms with Gasteiger partial charge < -0.3 is 4.79 Å². The maximum atomic E-state index is 12.4. The number of fused-ring (bicyclic) bond motifs is 5. The second-order valence-electron chi connectivity index (χ2n) is 8.56. The first-order valence-electron chi connectivity index (χ1n) is 9.02. The van der Waals surface area contributed by atoms with Gasteiger partial charge in [-0.2, -0.15) is 0 Å². The molecule has 4 aliphatic carbocycles. The van der Waals surface area contributed by atoms with Gasteiger partial charge in [-0.1, -0.05) is 6.92 Å². The van der Waals surface area contributed by atoms with Gasteiger partial charge in [-0.3, -0.25) is 9.59 Å². The summed E-state index contributed by atoms with van der Waals surface area (Å²) in [7, 11) is 0. The van der Waals surface area contributed by atoms with E-state index in [1.807, 2.05) is 0 Å². The van der Waals surface area contributed by atoms with E-state index in [9.17, 15) is 14.4 Å². The number of carbonyl (C=O) groups is 3. The van der Waals surface area contributed by atoms with Crippen molar-refractivity contribution < 1.29 is 14.4 Å². The Morgan fingerprint density at radius 2 is 1.82 bits per heavy atom. The Bertz CT molecular complexity index is 539. The summed E-state index contributed by atoms with van der Waals surface area (Å²) in [6.45, 7) is 2.39. The van der Waals surface area contributed by atoms with E-state index >= 15 is 0 Å². The molecule has 0 aliphatic heterocycles. The van der Waals surface area contributed by atoms with Crippen LogP contribution in [0.25, 0.3) is 0 Å². The van der Waals surface area contributed by atoms with Crippen molar-refractivity contribution in [3.63, 3.8) is 0 Å². The summed E-state index contributed by atoms with van der Waals surface area (Å²) in [5, 5.41) is 0. The van der Waals surface area contributed by atoms with E-state index in [1.165, 1.54) is 0 Å². The minimum atomic E-state index is -0.644. The molecule has 0 bridgehead atoms.